The Morgan fingerprint density at radius 3 is 2.72 bits per heavy atom. The van der Waals surface area contributed by atoms with Crippen molar-refractivity contribution in [2.75, 3.05) is 11.9 Å². The molecule has 0 aliphatic rings. The second-order valence-corrected chi connectivity index (χ2v) is 3.73. The first kappa shape index (κ1) is 14.0. The van der Waals surface area contributed by atoms with Crippen molar-refractivity contribution in [3.05, 3.63) is 24.0 Å². The van der Waals surface area contributed by atoms with Gasteiger partial charge in [-0.05, 0) is 25.5 Å². The summed E-state index contributed by atoms with van der Waals surface area (Å²) < 4.78 is 0. The second-order valence-electron chi connectivity index (χ2n) is 3.73. The summed E-state index contributed by atoms with van der Waals surface area (Å²) >= 11 is 0. The summed E-state index contributed by atoms with van der Waals surface area (Å²) in [6.45, 7) is 4.11. The van der Waals surface area contributed by atoms with Crippen LogP contribution in [0.5, 0.6) is 0 Å². The number of carboxylic acid groups (broad SMARTS) is 1. The van der Waals surface area contributed by atoms with Crippen LogP contribution in [0.25, 0.3) is 0 Å². The molecule has 1 amide bonds. The van der Waals surface area contributed by atoms with Gasteiger partial charge in [0.15, 0.2) is 0 Å². The van der Waals surface area contributed by atoms with Crippen LogP contribution >= 0.6 is 0 Å². The minimum absolute atomic E-state index is 0.266. The number of amides is 1. The Balaban J connectivity index is 2.81. The molecule has 98 valence electrons. The van der Waals surface area contributed by atoms with E-state index in [2.05, 4.69) is 15.6 Å². The molecule has 6 heteroatoms. The maximum Gasteiger partial charge on any atom is 0.326 e. The van der Waals surface area contributed by atoms with E-state index in [0.29, 0.717) is 18.7 Å². The molecule has 0 fully saturated rings. The third kappa shape index (κ3) is 3.73. The summed E-state index contributed by atoms with van der Waals surface area (Å²) in [6, 6.07) is 2.50. The number of anilines is 1. The number of carbonyl (C=O) groups is 2. The highest BCUT2D eigenvalue weighted by molar-refractivity contribution is 5.93. The summed E-state index contributed by atoms with van der Waals surface area (Å²) in [5.74, 6) is -1.20. The van der Waals surface area contributed by atoms with Gasteiger partial charge in [0, 0.05) is 18.4 Å². The molecule has 1 atom stereocenters. The van der Waals surface area contributed by atoms with Crippen LogP contribution in [0, 0.1) is 0 Å². The molecule has 18 heavy (non-hydrogen) atoms. The van der Waals surface area contributed by atoms with Gasteiger partial charge in [-0.15, -0.1) is 0 Å². The normalized spacial score (nSPS) is 11.7. The summed E-state index contributed by atoms with van der Waals surface area (Å²) in [4.78, 5) is 26.4. The van der Waals surface area contributed by atoms with Crippen LogP contribution in [0.4, 0.5) is 5.69 Å². The molecule has 1 heterocycles. The molecule has 1 rings (SSSR count). The average Bonchev–Trinajstić information content (AvgIpc) is 2.36. The third-order valence-electron chi connectivity index (χ3n) is 2.38. The Hall–Kier alpha value is -2.11. The van der Waals surface area contributed by atoms with E-state index in [4.69, 9.17) is 5.11 Å². The molecular formula is C12H17N3O3. The molecule has 0 spiro atoms. The predicted octanol–water partition coefficient (Wildman–Crippen LogP) is 1.11. The SMILES string of the molecule is CCNC(=O)c1cc(NC(CC)C(=O)O)ccn1. The lowest BCUT2D eigenvalue weighted by Gasteiger charge is -2.13. The second kappa shape index (κ2) is 6.58. The Morgan fingerprint density at radius 2 is 2.17 bits per heavy atom. The van der Waals surface area contributed by atoms with Crippen molar-refractivity contribution in [2.45, 2.75) is 26.3 Å². The summed E-state index contributed by atoms with van der Waals surface area (Å²) in [7, 11) is 0. The van der Waals surface area contributed by atoms with E-state index < -0.39 is 12.0 Å². The first-order valence-electron chi connectivity index (χ1n) is 5.82. The van der Waals surface area contributed by atoms with E-state index in [0.717, 1.165) is 0 Å². The number of pyridine rings is 1. The number of aromatic nitrogens is 1. The van der Waals surface area contributed by atoms with E-state index in [1.807, 2.05) is 6.92 Å². The fourth-order valence-corrected chi connectivity index (χ4v) is 1.44. The number of rotatable bonds is 6. The van der Waals surface area contributed by atoms with Crippen molar-refractivity contribution >= 4 is 17.6 Å². The van der Waals surface area contributed by atoms with Crippen molar-refractivity contribution in [3.8, 4) is 0 Å². The highest BCUT2D eigenvalue weighted by Gasteiger charge is 2.15. The minimum atomic E-state index is -0.922. The molecule has 6 nitrogen and oxygen atoms in total. The van der Waals surface area contributed by atoms with Gasteiger partial charge in [0.05, 0.1) is 0 Å². The molecule has 0 radical (unpaired) electrons. The lowest BCUT2D eigenvalue weighted by molar-refractivity contribution is -0.137. The summed E-state index contributed by atoms with van der Waals surface area (Å²) in [6.07, 6.45) is 1.93. The lowest BCUT2D eigenvalue weighted by Crippen LogP contribution is -2.28. The quantitative estimate of drug-likeness (QED) is 0.704. The number of carbonyl (C=O) groups excluding carboxylic acids is 1. The molecule has 1 aromatic rings. The van der Waals surface area contributed by atoms with Crippen LogP contribution in [0.3, 0.4) is 0 Å². The van der Waals surface area contributed by atoms with Gasteiger partial charge in [0.1, 0.15) is 11.7 Å². The van der Waals surface area contributed by atoms with Gasteiger partial charge in [0.25, 0.3) is 5.91 Å². The van der Waals surface area contributed by atoms with Crippen molar-refractivity contribution in [1.29, 1.82) is 0 Å². The van der Waals surface area contributed by atoms with Gasteiger partial charge >= 0.3 is 5.97 Å². The molecule has 0 aliphatic heterocycles. The maximum absolute atomic E-state index is 11.6. The zero-order valence-electron chi connectivity index (χ0n) is 10.4. The first-order chi connectivity index (χ1) is 8.58. The van der Waals surface area contributed by atoms with Crippen LogP contribution in [0.15, 0.2) is 18.3 Å². The smallest absolute Gasteiger partial charge is 0.326 e. The van der Waals surface area contributed by atoms with E-state index in [-0.39, 0.29) is 11.6 Å². The molecule has 0 aliphatic carbocycles. The zero-order valence-corrected chi connectivity index (χ0v) is 10.4. The molecular weight excluding hydrogens is 234 g/mol. The van der Waals surface area contributed by atoms with Gasteiger partial charge in [-0.25, -0.2) is 4.79 Å². The number of nitrogens with one attached hydrogen (secondary N) is 2. The van der Waals surface area contributed by atoms with Crippen molar-refractivity contribution < 1.29 is 14.7 Å². The van der Waals surface area contributed by atoms with E-state index in [1.54, 1.807) is 13.0 Å². The zero-order chi connectivity index (χ0) is 13.5. The average molecular weight is 251 g/mol. The molecule has 0 saturated heterocycles. The van der Waals surface area contributed by atoms with Crippen molar-refractivity contribution in [2.24, 2.45) is 0 Å². The topological polar surface area (TPSA) is 91.3 Å². The van der Waals surface area contributed by atoms with Crippen LogP contribution < -0.4 is 10.6 Å². The fourth-order valence-electron chi connectivity index (χ4n) is 1.44. The standard InChI is InChI=1S/C12H17N3O3/c1-3-9(12(17)18)15-8-5-6-14-10(7-8)11(16)13-4-2/h5-7,9H,3-4H2,1-2H3,(H,13,16)(H,14,15)(H,17,18). The molecule has 1 unspecified atom stereocenters. The Bertz CT molecular complexity index is 434. The van der Waals surface area contributed by atoms with E-state index >= 15 is 0 Å². The Labute approximate surface area is 105 Å². The molecule has 0 aromatic carbocycles. The van der Waals surface area contributed by atoms with Crippen LogP contribution in [-0.4, -0.2) is 34.6 Å². The predicted molar refractivity (Wildman–Crippen MR) is 67.6 cm³/mol. The van der Waals surface area contributed by atoms with E-state index in [1.165, 1.54) is 12.3 Å². The number of hydrogen-bond acceptors (Lipinski definition) is 4. The summed E-state index contributed by atoms with van der Waals surface area (Å²) in [5.41, 5.74) is 0.836. The number of carboxylic acids is 1. The monoisotopic (exact) mass is 251 g/mol. The van der Waals surface area contributed by atoms with Crippen LogP contribution in [0.1, 0.15) is 30.8 Å². The fraction of sp³-hybridized carbons (Fsp3) is 0.417. The highest BCUT2D eigenvalue weighted by atomic mass is 16.4. The van der Waals surface area contributed by atoms with Gasteiger partial charge in [-0.3, -0.25) is 9.78 Å². The van der Waals surface area contributed by atoms with Gasteiger partial charge in [0.2, 0.25) is 0 Å². The molecule has 1 aromatic heterocycles. The van der Waals surface area contributed by atoms with Gasteiger partial charge < -0.3 is 15.7 Å². The van der Waals surface area contributed by atoms with Crippen LogP contribution in [-0.2, 0) is 4.79 Å². The third-order valence-corrected chi connectivity index (χ3v) is 2.38. The minimum Gasteiger partial charge on any atom is -0.480 e. The molecule has 0 saturated carbocycles. The maximum atomic E-state index is 11.6. The number of aliphatic carboxylic acids is 1. The molecule has 0 bridgehead atoms. The van der Waals surface area contributed by atoms with Gasteiger partial charge in [-0.2, -0.15) is 0 Å². The first-order valence-corrected chi connectivity index (χ1v) is 5.82. The van der Waals surface area contributed by atoms with Gasteiger partial charge in [-0.1, -0.05) is 6.92 Å². The van der Waals surface area contributed by atoms with Crippen molar-refractivity contribution in [3.63, 3.8) is 0 Å². The lowest BCUT2D eigenvalue weighted by atomic mass is 10.2. The number of hydrogen-bond donors (Lipinski definition) is 3. The summed E-state index contributed by atoms with van der Waals surface area (Å²) in [5, 5.41) is 14.4. The highest BCUT2D eigenvalue weighted by Crippen LogP contribution is 2.11. The van der Waals surface area contributed by atoms with Crippen LogP contribution in [0.2, 0.25) is 0 Å². The van der Waals surface area contributed by atoms with E-state index in [9.17, 15) is 9.59 Å². The Morgan fingerprint density at radius 1 is 1.44 bits per heavy atom. The van der Waals surface area contributed by atoms with Crippen molar-refractivity contribution in [1.82, 2.24) is 10.3 Å². The molecule has 3 N–H and O–H groups in total. The largest absolute Gasteiger partial charge is 0.480 e. The number of nitrogens with zero attached hydrogens (tertiary/aromatic N) is 1. The Kier molecular flexibility index (Phi) is 5.10.